The minimum absolute atomic E-state index is 0.142. The summed E-state index contributed by atoms with van der Waals surface area (Å²) in [5.41, 5.74) is 1.91. The molecule has 4 aromatic rings. The minimum atomic E-state index is -0.787. The molecule has 0 atom stereocenters. The van der Waals surface area contributed by atoms with Gasteiger partial charge in [-0.05, 0) is 31.9 Å². The van der Waals surface area contributed by atoms with Crippen molar-refractivity contribution in [1.29, 1.82) is 0 Å². The largest absolute Gasteiger partial charge is 0.443 e. The highest BCUT2D eigenvalue weighted by Crippen LogP contribution is 2.48. The summed E-state index contributed by atoms with van der Waals surface area (Å²) in [6, 6.07) is 27.2. The van der Waals surface area contributed by atoms with Crippen LogP contribution in [-0.2, 0) is 4.74 Å². The average molecular weight is 440 g/mol. The molecule has 0 saturated carbocycles. The first-order chi connectivity index (χ1) is 15.8. The molecule has 33 heavy (non-hydrogen) atoms. The van der Waals surface area contributed by atoms with Crippen LogP contribution in [0.15, 0.2) is 91.0 Å². The molecule has 0 amide bonds. The van der Waals surface area contributed by atoms with E-state index in [1.165, 1.54) is 4.57 Å². The van der Waals surface area contributed by atoms with Crippen LogP contribution in [0.1, 0.15) is 20.8 Å². The molecule has 6 nitrogen and oxygen atoms in total. The van der Waals surface area contributed by atoms with Crippen molar-refractivity contribution >= 4 is 11.8 Å². The normalized spacial score (nSPS) is 11.2. The van der Waals surface area contributed by atoms with Gasteiger partial charge in [0.1, 0.15) is 11.3 Å². The lowest BCUT2D eigenvalue weighted by molar-refractivity contribution is -0.383. The highest BCUT2D eigenvalue weighted by atomic mass is 16.6. The van der Waals surface area contributed by atoms with E-state index in [1.807, 2.05) is 66.7 Å². The third-order valence-electron chi connectivity index (χ3n) is 5.06. The second-order valence-corrected chi connectivity index (χ2v) is 8.59. The molecule has 0 saturated heterocycles. The van der Waals surface area contributed by atoms with Gasteiger partial charge in [-0.3, -0.25) is 10.1 Å². The number of nitro groups is 1. The molecule has 0 fully saturated rings. The molecule has 0 radical (unpaired) electrons. The predicted octanol–water partition coefficient (Wildman–Crippen LogP) is 7.18. The van der Waals surface area contributed by atoms with Gasteiger partial charge < -0.3 is 4.74 Å². The third-order valence-corrected chi connectivity index (χ3v) is 5.06. The molecule has 4 rings (SSSR count). The van der Waals surface area contributed by atoms with E-state index in [-0.39, 0.29) is 11.4 Å². The SMILES string of the molecule is CC(C)(C)OC(=O)n1c(-c2ccccc2)c(-c2ccccc2)c([N+](=O)[O-])c1-c1ccccc1. The van der Waals surface area contributed by atoms with Crippen LogP contribution in [0.3, 0.4) is 0 Å². The first-order valence-electron chi connectivity index (χ1n) is 10.6. The van der Waals surface area contributed by atoms with Crippen LogP contribution in [0.5, 0.6) is 0 Å². The maximum Gasteiger partial charge on any atom is 0.419 e. The van der Waals surface area contributed by atoms with Crippen LogP contribution in [0.4, 0.5) is 10.5 Å². The van der Waals surface area contributed by atoms with Gasteiger partial charge in [0.25, 0.3) is 0 Å². The van der Waals surface area contributed by atoms with Crippen molar-refractivity contribution in [3.05, 3.63) is 101 Å². The predicted molar refractivity (Wildman–Crippen MR) is 129 cm³/mol. The molecule has 0 aliphatic rings. The second kappa shape index (κ2) is 8.74. The minimum Gasteiger partial charge on any atom is -0.443 e. The molecule has 0 aliphatic heterocycles. The Morgan fingerprint density at radius 3 is 1.61 bits per heavy atom. The molecule has 1 aromatic heterocycles. The van der Waals surface area contributed by atoms with Gasteiger partial charge in [-0.1, -0.05) is 91.0 Å². The van der Waals surface area contributed by atoms with E-state index in [0.29, 0.717) is 27.9 Å². The lowest BCUT2D eigenvalue weighted by Crippen LogP contribution is -2.28. The Labute approximate surface area is 192 Å². The summed E-state index contributed by atoms with van der Waals surface area (Å²) in [4.78, 5) is 25.7. The summed E-state index contributed by atoms with van der Waals surface area (Å²) >= 11 is 0. The van der Waals surface area contributed by atoms with E-state index in [1.54, 1.807) is 45.0 Å². The van der Waals surface area contributed by atoms with Crippen LogP contribution < -0.4 is 0 Å². The van der Waals surface area contributed by atoms with Crippen LogP contribution in [0.25, 0.3) is 33.6 Å². The molecule has 3 aromatic carbocycles. The Morgan fingerprint density at radius 1 is 0.758 bits per heavy atom. The molecule has 1 heterocycles. The van der Waals surface area contributed by atoms with Gasteiger partial charge in [-0.25, -0.2) is 9.36 Å². The Kier molecular flexibility index (Phi) is 5.84. The smallest absolute Gasteiger partial charge is 0.419 e. The Morgan fingerprint density at radius 2 is 1.18 bits per heavy atom. The van der Waals surface area contributed by atoms with Crippen LogP contribution in [0, 0.1) is 10.1 Å². The number of rotatable bonds is 4. The van der Waals surface area contributed by atoms with E-state index in [0.717, 1.165) is 0 Å². The van der Waals surface area contributed by atoms with Gasteiger partial charge in [0.2, 0.25) is 0 Å². The highest BCUT2D eigenvalue weighted by molar-refractivity contribution is 6.01. The van der Waals surface area contributed by atoms with Gasteiger partial charge >= 0.3 is 11.8 Å². The summed E-state index contributed by atoms with van der Waals surface area (Å²) < 4.78 is 7.08. The topological polar surface area (TPSA) is 74.4 Å². The summed E-state index contributed by atoms with van der Waals surface area (Å²) in [5, 5.41) is 12.5. The lowest BCUT2D eigenvalue weighted by atomic mass is 9.99. The number of carbonyl (C=O) groups is 1. The van der Waals surface area contributed by atoms with Crippen molar-refractivity contribution in [2.75, 3.05) is 0 Å². The summed E-state index contributed by atoms with van der Waals surface area (Å²) in [7, 11) is 0. The van der Waals surface area contributed by atoms with Crippen molar-refractivity contribution in [1.82, 2.24) is 4.57 Å². The number of hydrogen-bond acceptors (Lipinski definition) is 4. The van der Waals surface area contributed by atoms with E-state index in [9.17, 15) is 14.9 Å². The van der Waals surface area contributed by atoms with Crippen molar-refractivity contribution in [3.8, 4) is 33.6 Å². The van der Waals surface area contributed by atoms with Gasteiger partial charge in [-0.15, -0.1) is 0 Å². The molecule has 0 bridgehead atoms. The van der Waals surface area contributed by atoms with E-state index < -0.39 is 16.6 Å². The molecule has 0 N–H and O–H groups in total. The number of nitrogens with zero attached hydrogens (tertiary/aromatic N) is 2. The second-order valence-electron chi connectivity index (χ2n) is 8.59. The first kappa shape index (κ1) is 22.0. The zero-order valence-corrected chi connectivity index (χ0v) is 18.7. The van der Waals surface area contributed by atoms with Crippen molar-refractivity contribution in [3.63, 3.8) is 0 Å². The molecule has 166 valence electrons. The quantitative estimate of drug-likeness (QED) is 0.249. The van der Waals surface area contributed by atoms with Gasteiger partial charge in [-0.2, -0.15) is 0 Å². The van der Waals surface area contributed by atoms with Gasteiger partial charge in [0, 0.05) is 5.56 Å². The van der Waals surface area contributed by atoms with Crippen LogP contribution in [0.2, 0.25) is 0 Å². The number of ether oxygens (including phenoxy) is 1. The number of hydrogen-bond donors (Lipinski definition) is 0. The van der Waals surface area contributed by atoms with Crippen LogP contribution >= 0.6 is 0 Å². The Hall–Kier alpha value is -4.19. The molecule has 6 heteroatoms. The maximum atomic E-state index is 13.6. The molecule has 0 unspecified atom stereocenters. The summed E-state index contributed by atoms with van der Waals surface area (Å²) in [6.07, 6.45) is -0.675. The van der Waals surface area contributed by atoms with Crippen molar-refractivity contribution in [2.45, 2.75) is 26.4 Å². The molecular formula is C27H24N2O4. The number of benzene rings is 3. The Bertz CT molecular complexity index is 1290. The van der Waals surface area contributed by atoms with Gasteiger partial charge in [0.15, 0.2) is 0 Å². The molecule has 0 aliphatic carbocycles. The fourth-order valence-electron chi connectivity index (χ4n) is 3.84. The summed E-state index contributed by atoms with van der Waals surface area (Å²) in [5.74, 6) is 0. The van der Waals surface area contributed by atoms with E-state index in [4.69, 9.17) is 4.74 Å². The van der Waals surface area contributed by atoms with Crippen molar-refractivity contribution < 1.29 is 14.5 Å². The van der Waals surface area contributed by atoms with Crippen molar-refractivity contribution in [2.24, 2.45) is 0 Å². The molecular weight excluding hydrogens is 416 g/mol. The standard InChI is InChI=1S/C27H24N2O4/c1-27(2,3)33-26(30)28-23(20-15-9-5-10-16-20)22(19-13-7-4-8-14-19)25(29(31)32)24(28)21-17-11-6-12-18-21/h4-18H,1-3H3. The third kappa shape index (κ3) is 4.41. The van der Waals surface area contributed by atoms with E-state index in [2.05, 4.69) is 0 Å². The highest BCUT2D eigenvalue weighted by Gasteiger charge is 2.37. The lowest BCUT2D eigenvalue weighted by Gasteiger charge is -2.21. The average Bonchev–Trinajstić information content (AvgIpc) is 3.16. The maximum absolute atomic E-state index is 13.6. The molecule has 0 spiro atoms. The fourth-order valence-corrected chi connectivity index (χ4v) is 3.84. The van der Waals surface area contributed by atoms with E-state index >= 15 is 0 Å². The summed E-state index contributed by atoms with van der Waals surface area (Å²) in [6.45, 7) is 5.31. The number of carbonyl (C=O) groups excluding carboxylic acids is 1. The fraction of sp³-hybridized carbons (Fsp3) is 0.148. The Balaban J connectivity index is 2.19. The zero-order valence-electron chi connectivity index (χ0n) is 18.7. The number of aromatic nitrogens is 1. The first-order valence-corrected chi connectivity index (χ1v) is 10.6. The zero-order chi connectivity index (χ0) is 23.6. The monoisotopic (exact) mass is 440 g/mol. The van der Waals surface area contributed by atoms with Crippen LogP contribution in [-0.4, -0.2) is 21.2 Å². The van der Waals surface area contributed by atoms with Gasteiger partial charge in [0.05, 0.1) is 16.2 Å².